The number of hydrogen-bond acceptors (Lipinski definition) is 3. The maximum absolute atomic E-state index is 9.74. The molecule has 0 amide bonds. The van der Waals surface area contributed by atoms with Crippen LogP contribution < -0.4 is 0 Å². The lowest BCUT2D eigenvalue weighted by Crippen LogP contribution is -2.43. The SMILES string of the molecule is CC1CCN(CCn2cccn2)CC1O. The summed E-state index contributed by atoms with van der Waals surface area (Å²) >= 11 is 0. The predicted molar refractivity (Wildman–Crippen MR) is 58.5 cm³/mol. The lowest BCUT2D eigenvalue weighted by Gasteiger charge is -2.34. The average molecular weight is 209 g/mol. The van der Waals surface area contributed by atoms with Crippen molar-refractivity contribution in [1.29, 1.82) is 0 Å². The van der Waals surface area contributed by atoms with Crippen LogP contribution in [0, 0.1) is 5.92 Å². The number of aromatic nitrogens is 2. The smallest absolute Gasteiger partial charge is 0.0693 e. The van der Waals surface area contributed by atoms with E-state index in [4.69, 9.17) is 0 Å². The highest BCUT2D eigenvalue weighted by molar-refractivity contribution is 4.80. The largest absolute Gasteiger partial charge is 0.392 e. The van der Waals surface area contributed by atoms with Gasteiger partial charge in [-0.3, -0.25) is 9.58 Å². The van der Waals surface area contributed by atoms with E-state index in [0.29, 0.717) is 5.92 Å². The normalized spacial score (nSPS) is 28.1. The van der Waals surface area contributed by atoms with Crippen molar-refractivity contribution in [1.82, 2.24) is 14.7 Å². The van der Waals surface area contributed by atoms with E-state index in [0.717, 1.165) is 32.6 Å². The first-order valence-corrected chi connectivity index (χ1v) is 5.63. The third-order valence-electron chi connectivity index (χ3n) is 3.21. The quantitative estimate of drug-likeness (QED) is 0.792. The van der Waals surface area contributed by atoms with Gasteiger partial charge in [0.05, 0.1) is 12.6 Å². The third kappa shape index (κ3) is 2.79. The molecule has 2 heterocycles. The second-order valence-electron chi connectivity index (χ2n) is 4.40. The topological polar surface area (TPSA) is 41.3 Å². The zero-order valence-electron chi connectivity index (χ0n) is 9.21. The molecule has 1 aromatic rings. The molecular formula is C11H19N3O. The number of likely N-dealkylation sites (tertiary alicyclic amines) is 1. The van der Waals surface area contributed by atoms with Crippen LogP contribution in [0.5, 0.6) is 0 Å². The van der Waals surface area contributed by atoms with Gasteiger partial charge in [0, 0.05) is 25.5 Å². The summed E-state index contributed by atoms with van der Waals surface area (Å²) in [6.07, 6.45) is 4.72. The molecule has 0 radical (unpaired) electrons. The highest BCUT2D eigenvalue weighted by atomic mass is 16.3. The molecule has 4 heteroatoms. The zero-order valence-corrected chi connectivity index (χ0v) is 9.21. The van der Waals surface area contributed by atoms with Gasteiger partial charge >= 0.3 is 0 Å². The molecule has 0 bridgehead atoms. The summed E-state index contributed by atoms with van der Waals surface area (Å²) in [7, 11) is 0. The Labute approximate surface area is 90.5 Å². The van der Waals surface area contributed by atoms with Gasteiger partial charge in [0.25, 0.3) is 0 Å². The molecule has 1 fully saturated rings. The van der Waals surface area contributed by atoms with E-state index in [2.05, 4.69) is 16.9 Å². The van der Waals surface area contributed by atoms with Gasteiger partial charge in [-0.2, -0.15) is 5.10 Å². The summed E-state index contributed by atoms with van der Waals surface area (Å²) in [5, 5.41) is 13.9. The van der Waals surface area contributed by atoms with Crippen LogP contribution in [-0.2, 0) is 6.54 Å². The Kier molecular flexibility index (Phi) is 3.38. The molecule has 0 saturated carbocycles. The Balaban J connectivity index is 1.76. The Morgan fingerprint density at radius 2 is 2.33 bits per heavy atom. The summed E-state index contributed by atoms with van der Waals surface area (Å²) < 4.78 is 1.93. The fourth-order valence-electron chi connectivity index (χ4n) is 1.99. The second-order valence-corrected chi connectivity index (χ2v) is 4.40. The van der Waals surface area contributed by atoms with Crippen LogP contribution >= 0.6 is 0 Å². The Morgan fingerprint density at radius 1 is 1.47 bits per heavy atom. The second kappa shape index (κ2) is 4.77. The minimum absolute atomic E-state index is 0.156. The summed E-state index contributed by atoms with van der Waals surface area (Å²) in [6.45, 7) is 5.91. The average Bonchev–Trinajstić information content (AvgIpc) is 2.73. The molecule has 1 N–H and O–H groups in total. The lowest BCUT2D eigenvalue weighted by atomic mass is 9.96. The van der Waals surface area contributed by atoms with Crippen molar-refractivity contribution < 1.29 is 5.11 Å². The first-order valence-electron chi connectivity index (χ1n) is 5.63. The molecule has 2 rings (SSSR count). The first-order chi connectivity index (χ1) is 7.25. The zero-order chi connectivity index (χ0) is 10.7. The van der Waals surface area contributed by atoms with E-state index in [1.165, 1.54) is 0 Å². The molecule has 0 spiro atoms. The van der Waals surface area contributed by atoms with Crippen LogP contribution in [0.3, 0.4) is 0 Å². The molecule has 4 nitrogen and oxygen atoms in total. The fraction of sp³-hybridized carbons (Fsp3) is 0.727. The summed E-state index contributed by atoms with van der Waals surface area (Å²) in [5.41, 5.74) is 0. The minimum Gasteiger partial charge on any atom is -0.392 e. The highest BCUT2D eigenvalue weighted by Crippen LogP contribution is 2.16. The van der Waals surface area contributed by atoms with Crippen LogP contribution in [0.4, 0.5) is 0 Å². The van der Waals surface area contributed by atoms with E-state index in [1.807, 2.05) is 16.9 Å². The van der Waals surface area contributed by atoms with Crippen molar-refractivity contribution in [2.24, 2.45) is 5.92 Å². The van der Waals surface area contributed by atoms with Crippen LogP contribution in [0.1, 0.15) is 13.3 Å². The summed E-state index contributed by atoms with van der Waals surface area (Å²) in [4.78, 5) is 2.31. The Morgan fingerprint density at radius 3 is 3.00 bits per heavy atom. The number of piperidine rings is 1. The Bertz CT molecular complexity index is 286. The van der Waals surface area contributed by atoms with E-state index >= 15 is 0 Å². The van der Waals surface area contributed by atoms with Crippen LogP contribution in [0.15, 0.2) is 18.5 Å². The Hall–Kier alpha value is -0.870. The first kappa shape index (κ1) is 10.6. The molecule has 1 saturated heterocycles. The van der Waals surface area contributed by atoms with Crippen molar-refractivity contribution in [3.63, 3.8) is 0 Å². The monoisotopic (exact) mass is 209 g/mol. The van der Waals surface area contributed by atoms with Crippen molar-refractivity contribution in [2.45, 2.75) is 26.0 Å². The lowest BCUT2D eigenvalue weighted by molar-refractivity contribution is 0.0276. The van der Waals surface area contributed by atoms with E-state index in [1.54, 1.807) is 6.20 Å². The number of nitrogens with zero attached hydrogens (tertiary/aromatic N) is 3. The highest BCUT2D eigenvalue weighted by Gasteiger charge is 2.23. The molecule has 0 aliphatic carbocycles. The number of rotatable bonds is 3. The minimum atomic E-state index is -0.156. The maximum Gasteiger partial charge on any atom is 0.0693 e. The molecule has 1 aromatic heterocycles. The summed E-state index contributed by atoms with van der Waals surface area (Å²) in [5.74, 6) is 0.450. The van der Waals surface area contributed by atoms with Gasteiger partial charge in [-0.1, -0.05) is 6.92 Å². The van der Waals surface area contributed by atoms with Gasteiger partial charge in [-0.15, -0.1) is 0 Å². The standard InChI is InChI=1S/C11H19N3O/c1-10-3-6-13(9-11(10)15)7-8-14-5-2-4-12-14/h2,4-5,10-11,15H,3,6-9H2,1H3. The van der Waals surface area contributed by atoms with Crippen molar-refractivity contribution >= 4 is 0 Å². The number of β-amino-alcohol motifs (C(OH)–C–C–N with tert-alkyl or cyclic N) is 1. The fourth-order valence-corrected chi connectivity index (χ4v) is 1.99. The molecule has 1 aliphatic rings. The predicted octanol–water partition coefficient (Wildman–Crippen LogP) is 0.586. The van der Waals surface area contributed by atoms with Crippen molar-refractivity contribution in [2.75, 3.05) is 19.6 Å². The van der Waals surface area contributed by atoms with Crippen LogP contribution in [0.2, 0.25) is 0 Å². The van der Waals surface area contributed by atoms with E-state index in [9.17, 15) is 5.11 Å². The van der Waals surface area contributed by atoms with E-state index in [-0.39, 0.29) is 6.10 Å². The molecule has 15 heavy (non-hydrogen) atoms. The number of aliphatic hydroxyl groups is 1. The maximum atomic E-state index is 9.74. The molecular weight excluding hydrogens is 190 g/mol. The number of hydrogen-bond donors (Lipinski definition) is 1. The molecule has 0 aromatic carbocycles. The van der Waals surface area contributed by atoms with Gasteiger partial charge in [-0.25, -0.2) is 0 Å². The molecule has 1 aliphatic heterocycles. The molecule has 2 atom stereocenters. The van der Waals surface area contributed by atoms with Crippen molar-refractivity contribution in [3.05, 3.63) is 18.5 Å². The number of aliphatic hydroxyl groups excluding tert-OH is 1. The van der Waals surface area contributed by atoms with Crippen molar-refractivity contribution in [3.8, 4) is 0 Å². The van der Waals surface area contributed by atoms with Crippen LogP contribution in [-0.4, -0.2) is 45.5 Å². The van der Waals surface area contributed by atoms with E-state index < -0.39 is 0 Å². The summed E-state index contributed by atoms with van der Waals surface area (Å²) in [6, 6.07) is 1.94. The van der Waals surface area contributed by atoms with Gasteiger partial charge in [0.15, 0.2) is 0 Å². The third-order valence-corrected chi connectivity index (χ3v) is 3.21. The molecule has 2 unspecified atom stereocenters. The van der Waals surface area contributed by atoms with Gasteiger partial charge < -0.3 is 5.11 Å². The molecule has 84 valence electrons. The van der Waals surface area contributed by atoms with Gasteiger partial charge in [0.2, 0.25) is 0 Å². The van der Waals surface area contributed by atoms with Crippen LogP contribution in [0.25, 0.3) is 0 Å². The van der Waals surface area contributed by atoms with Gasteiger partial charge in [-0.05, 0) is 24.9 Å². The van der Waals surface area contributed by atoms with Gasteiger partial charge in [0.1, 0.15) is 0 Å².